The van der Waals surface area contributed by atoms with Gasteiger partial charge in [-0.15, -0.1) is 13.2 Å². The van der Waals surface area contributed by atoms with Crippen molar-refractivity contribution >= 4 is 34.2 Å². The number of nitrogens with zero attached hydrogens (tertiary/aromatic N) is 2. The first-order chi connectivity index (χ1) is 20.1. The van der Waals surface area contributed by atoms with Crippen molar-refractivity contribution in [3.05, 3.63) is 25.3 Å². The number of amides is 2. The van der Waals surface area contributed by atoms with Gasteiger partial charge in [0.2, 0.25) is 0 Å². The highest BCUT2D eigenvalue weighted by molar-refractivity contribution is 7.86. The minimum absolute atomic E-state index is 0.0488. The lowest BCUT2D eigenvalue weighted by Crippen LogP contribution is -2.46. The summed E-state index contributed by atoms with van der Waals surface area (Å²) < 4.78 is 48.1. The van der Waals surface area contributed by atoms with Crippen molar-refractivity contribution in [2.45, 2.75) is 89.9 Å². The molecule has 2 fully saturated rings. The minimum Gasteiger partial charge on any atom is -0.467 e. The number of aliphatic hydroxyl groups is 1. The van der Waals surface area contributed by atoms with E-state index in [-0.39, 0.29) is 19.5 Å². The van der Waals surface area contributed by atoms with E-state index in [4.69, 9.17) is 23.1 Å². The summed E-state index contributed by atoms with van der Waals surface area (Å²) in [5, 5.41) is 10.0. The summed E-state index contributed by atoms with van der Waals surface area (Å²) >= 11 is 0. The highest BCUT2D eigenvalue weighted by atomic mass is 32.2. The minimum atomic E-state index is -3.76. The fraction of sp³-hybridized carbons (Fsp3) is 0.724. The van der Waals surface area contributed by atoms with Crippen molar-refractivity contribution in [2.24, 2.45) is 11.8 Å². The van der Waals surface area contributed by atoms with Gasteiger partial charge in [-0.3, -0.25) is 14.0 Å². The summed E-state index contributed by atoms with van der Waals surface area (Å²) in [6.45, 7) is 17.5. The van der Waals surface area contributed by atoms with Gasteiger partial charge in [-0.1, -0.05) is 12.2 Å². The summed E-state index contributed by atoms with van der Waals surface area (Å²) in [7, 11) is -1.31. The number of carbonyl (C=O) groups excluding carboxylic acids is 4. The Labute approximate surface area is 260 Å². The van der Waals surface area contributed by atoms with Crippen LogP contribution < -0.4 is 0 Å². The monoisotopic (exact) mass is 648 g/mol. The number of rotatable bonds is 8. The first-order valence-electron chi connectivity index (χ1n) is 14.0. The predicted molar refractivity (Wildman–Crippen MR) is 160 cm³/mol. The molecule has 44 heavy (non-hydrogen) atoms. The fourth-order valence-electron chi connectivity index (χ4n) is 4.91. The van der Waals surface area contributed by atoms with Crippen LogP contribution >= 0.6 is 0 Å². The summed E-state index contributed by atoms with van der Waals surface area (Å²) in [6, 6.07) is -1.85. The van der Waals surface area contributed by atoms with Crippen molar-refractivity contribution in [3.8, 4) is 0 Å². The van der Waals surface area contributed by atoms with Gasteiger partial charge in [0.15, 0.2) is 0 Å². The van der Waals surface area contributed by atoms with E-state index in [0.29, 0.717) is 6.42 Å². The molecule has 2 amide bonds. The van der Waals surface area contributed by atoms with Gasteiger partial charge in [-0.05, 0) is 54.4 Å². The summed E-state index contributed by atoms with van der Waals surface area (Å²) in [5.41, 5.74) is -1.43. The number of allylic oxidation sites excluding steroid dienone is 2. The molecular weight excluding hydrogens is 600 g/mol. The number of methoxy groups -OCH3 is 2. The Bertz CT molecular complexity index is 1160. The molecule has 1 N–H and O–H groups in total. The second kappa shape index (κ2) is 15.7. The number of likely N-dealkylation sites (tertiary alicyclic amines) is 2. The maximum atomic E-state index is 12.4. The number of esters is 2. The van der Waals surface area contributed by atoms with E-state index in [0.717, 1.165) is 11.2 Å². The van der Waals surface area contributed by atoms with E-state index in [2.05, 4.69) is 13.2 Å². The largest absolute Gasteiger partial charge is 0.467 e. The van der Waals surface area contributed by atoms with E-state index < -0.39 is 81.6 Å². The molecule has 6 atom stereocenters. The van der Waals surface area contributed by atoms with Crippen molar-refractivity contribution < 1.29 is 55.8 Å². The van der Waals surface area contributed by atoms with Gasteiger partial charge in [0.25, 0.3) is 10.1 Å². The summed E-state index contributed by atoms with van der Waals surface area (Å²) in [6.07, 6.45) is 1.73. The number of carbonyl (C=O) groups is 4. The molecule has 0 saturated carbocycles. The Morgan fingerprint density at radius 1 is 0.795 bits per heavy atom. The number of ether oxygens (including phenoxy) is 4. The molecule has 2 rings (SSSR count). The van der Waals surface area contributed by atoms with Crippen LogP contribution in [0.2, 0.25) is 0 Å². The van der Waals surface area contributed by atoms with Gasteiger partial charge in [0, 0.05) is 11.8 Å². The molecule has 0 aliphatic carbocycles. The summed E-state index contributed by atoms with van der Waals surface area (Å²) in [4.78, 5) is 51.0. The molecule has 0 spiro atoms. The SMILES string of the molecule is C=CCC1C(O)CN(C(=O)OC(C)(C)C)[C@@H]1C(=O)OC.C=CCC1C(OS(C)(=O)=O)CN(C(=O)OC(C)(C)C)[C@@H]1C(=O)OC. The number of aliphatic hydroxyl groups excluding tert-OH is 1. The highest BCUT2D eigenvalue weighted by Crippen LogP contribution is 2.33. The van der Waals surface area contributed by atoms with Crippen LogP contribution in [0, 0.1) is 11.8 Å². The normalized spacial score (nSPS) is 25.3. The molecule has 14 nitrogen and oxygen atoms in total. The first kappa shape index (κ1) is 38.9. The van der Waals surface area contributed by atoms with Crippen LogP contribution in [0.25, 0.3) is 0 Å². The lowest BCUT2D eigenvalue weighted by atomic mass is 9.94. The second-order valence-electron chi connectivity index (χ2n) is 12.5. The molecule has 2 saturated heterocycles. The lowest BCUT2D eigenvalue weighted by Gasteiger charge is -2.28. The number of hydrogen-bond acceptors (Lipinski definition) is 12. The fourth-order valence-corrected chi connectivity index (χ4v) is 5.56. The number of hydrogen-bond donors (Lipinski definition) is 1. The Morgan fingerprint density at radius 3 is 1.55 bits per heavy atom. The molecule has 0 bridgehead atoms. The molecule has 2 heterocycles. The van der Waals surface area contributed by atoms with Crippen LogP contribution in [0.1, 0.15) is 54.4 Å². The topological polar surface area (TPSA) is 175 Å². The van der Waals surface area contributed by atoms with Crippen LogP contribution in [-0.4, -0.2) is 117 Å². The van der Waals surface area contributed by atoms with Crippen LogP contribution in [0.4, 0.5) is 9.59 Å². The molecule has 0 radical (unpaired) electrons. The Morgan fingerprint density at radius 2 is 1.18 bits per heavy atom. The summed E-state index contributed by atoms with van der Waals surface area (Å²) in [5.74, 6) is -2.24. The standard InChI is InChI=1S/C15H25NO7S.C14H23NO5/c1-7-8-10-11(23-24(6,19)20)9-16(12(10)13(17)21-5)14(18)22-15(2,3)4;1-6-7-9-10(16)8-15(11(9)12(17)19-5)13(18)20-14(2,3)4/h7,10-12H,1,8-9H2,2-6H3;6,9-11,16H,1,7-8H2,2-5H3/t10?,11?,12-;9?,10?,11-/m00/s1. The average molecular weight is 649 g/mol. The molecule has 252 valence electrons. The van der Waals surface area contributed by atoms with Gasteiger partial charge >= 0.3 is 24.1 Å². The zero-order valence-corrected chi connectivity index (χ0v) is 27.9. The van der Waals surface area contributed by atoms with Gasteiger partial charge in [0.1, 0.15) is 29.4 Å². The quantitative estimate of drug-likeness (QED) is 0.177. The van der Waals surface area contributed by atoms with Gasteiger partial charge in [-0.25, -0.2) is 19.2 Å². The van der Waals surface area contributed by atoms with Gasteiger partial charge in [-0.2, -0.15) is 8.42 Å². The van der Waals surface area contributed by atoms with E-state index >= 15 is 0 Å². The zero-order valence-electron chi connectivity index (χ0n) is 27.1. The third-order valence-electron chi connectivity index (χ3n) is 6.53. The maximum Gasteiger partial charge on any atom is 0.411 e. The Balaban J connectivity index is 0.000000447. The van der Waals surface area contributed by atoms with Crippen molar-refractivity contribution in [2.75, 3.05) is 33.6 Å². The molecule has 15 heteroatoms. The Hall–Kier alpha value is -3.17. The maximum absolute atomic E-state index is 12.4. The predicted octanol–water partition coefficient (Wildman–Crippen LogP) is 2.65. The first-order valence-corrected chi connectivity index (χ1v) is 15.8. The van der Waals surface area contributed by atoms with E-state index in [9.17, 15) is 32.7 Å². The lowest BCUT2D eigenvalue weighted by molar-refractivity contribution is -0.148. The molecule has 0 aromatic carbocycles. The van der Waals surface area contributed by atoms with Crippen LogP contribution in [0.5, 0.6) is 0 Å². The van der Waals surface area contributed by atoms with E-state index in [1.807, 2.05) is 0 Å². The van der Waals surface area contributed by atoms with Crippen molar-refractivity contribution in [1.82, 2.24) is 9.80 Å². The number of β-amino-alcohol motifs (C(OH)–C–C–N with tert-alkyl or cyclic N) is 1. The highest BCUT2D eigenvalue weighted by Gasteiger charge is 2.51. The van der Waals surface area contributed by atoms with E-state index in [1.54, 1.807) is 47.6 Å². The molecule has 0 aromatic heterocycles. The van der Waals surface area contributed by atoms with Crippen molar-refractivity contribution in [1.29, 1.82) is 0 Å². The zero-order chi connectivity index (χ0) is 34.2. The van der Waals surface area contributed by atoms with Gasteiger partial charge < -0.3 is 24.1 Å². The molecule has 0 aromatic rings. The van der Waals surface area contributed by atoms with Gasteiger partial charge in [0.05, 0.1) is 39.7 Å². The van der Waals surface area contributed by atoms with Crippen LogP contribution in [-0.2, 0) is 42.8 Å². The second-order valence-corrected chi connectivity index (χ2v) is 14.1. The van der Waals surface area contributed by atoms with E-state index in [1.165, 1.54) is 25.2 Å². The molecule has 2 aliphatic heterocycles. The Kier molecular flexibility index (Phi) is 13.9. The van der Waals surface area contributed by atoms with Crippen LogP contribution in [0.15, 0.2) is 25.3 Å². The smallest absolute Gasteiger partial charge is 0.411 e. The third-order valence-corrected chi connectivity index (χ3v) is 7.13. The molecular formula is C29H48N2O12S. The molecule has 4 unspecified atom stereocenters. The van der Waals surface area contributed by atoms with Crippen LogP contribution in [0.3, 0.4) is 0 Å². The van der Waals surface area contributed by atoms with Crippen molar-refractivity contribution in [3.63, 3.8) is 0 Å². The third kappa shape index (κ3) is 11.4. The average Bonchev–Trinajstić information content (AvgIpc) is 3.38. The molecule has 2 aliphatic rings.